The average molecular weight is 269 g/mol. The molecule has 1 aromatic carbocycles. The molecule has 2 aromatic rings. The first-order chi connectivity index (χ1) is 9.39. The highest BCUT2D eigenvalue weighted by Gasteiger charge is 2.18. The Balaban J connectivity index is 2.39. The number of rotatable bonds is 4. The van der Waals surface area contributed by atoms with Crippen molar-refractivity contribution >= 4 is 0 Å². The van der Waals surface area contributed by atoms with Crippen LogP contribution in [0.25, 0.3) is 11.3 Å². The number of nitrogens with two attached hydrogens (primary N) is 1. The summed E-state index contributed by atoms with van der Waals surface area (Å²) in [7, 11) is 0. The molecule has 0 fully saturated rings. The summed E-state index contributed by atoms with van der Waals surface area (Å²) in [6, 6.07) is 10.4. The third-order valence-electron chi connectivity index (χ3n) is 3.40. The van der Waals surface area contributed by atoms with Crippen LogP contribution >= 0.6 is 0 Å². The highest BCUT2D eigenvalue weighted by atomic mass is 14.9. The fraction of sp³-hybridized carbons (Fsp3) is 0.412. The van der Waals surface area contributed by atoms with Crippen LogP contribution in [0.15, 0.2) is 30.3 Å². The lowest BCUT2D eigenvalue weighted by Gasteiger charge is -2.21. The van der Waals surface area contributed by atoms with Crippen molar-refractivity contribution in [3.05, 3.63) is 47.4 Å². The van der Waals surface area contributed by atoms with Crippen LogP contribution in [-0.4, -0.2) is 16.5 Å². The van der Waals surface area contributed by atoms with Gasteiger partial charge in [0.15, 0.2) is 0 Å². The van der Waals surface area contributed by atoms with Crippen LogP contribution < -0.4 is 5.73 Å². The van der Waals surface area contributed by atoms with E-state index in [1.165, 1.54) is 5.56 Å². The zero-order valence-corrected chi connectivity index (χ0v) is 12.8. The maximum atomic E-state index is 5.81. The van der Waals surface area contributed by atoms with E-state index in [9.17, 15) is 0 Å². The van der Waals surface area contributed by atoms with Gasteiger partial charge in [0.05, 0.1) is 5.69 Å². The lowest BCUT2D eigenvalue weighted by Crippen LogP contribution is -2.27. The minimum absolute atomic E-state index is 0.0255. The molecule has 2 N–H and O–H groups in total. The second-order valence-electron chi connectivity index (χ2n) is 6.23. The largest absolute Gasteiger partial charge is 0.330 e. The number of aromatic nitrogens is 2. The molecule has 1 heterocycles. The van der Waals surface area contributed by atoms with E-state index in [4.69, 9.17) is 10.7 Å². The smallest absolute Gasteiger partial charge is 0.129 e. The van der Waals surface area contributed by atoms with Gasteiger partial charge in [-0.25, -0.2) is 9.97 Å². The summed E-state index contributed by atoms with van der Waals surface area (Å²) in [6.45, 7) is 9.02. The van der Waals surface area contributed by atoms with Gasteiger partial charge in [-0.15, -0.1) is 0 Å². The van der Waals surface area contributed by atoms with E-state index in [1.807, 2.05) is 13.0 Å². The van der Waals surface area contributed by atoms with Gasteiger partial charge in [-0.1, -0.05) is 37.6 Å². The fourth-order valence-electron chi connectivity index (χ4n) is 2.16. The molecule has 0 atom stereocenters. The third-order valence-corrected chi connectivity index (χ3v) is 3.40. The molecule has 2 rings (SSSR count). The number of hydrogen-bond acceptors (Lipinski definition) is 3. The first-order valence-corrected chi connectivity index (χ1v) is 7.01. The van der Waals surface area contributed by atoms with Crippen molar-refractivity contribution in [2.24, 2.45) is 11.1 Å². The zero-order chi connectivity index (χ0) is 14.8. The SMILES string of the molecule is Cc1cccc(-c2cc(C)nc(CC(C)(C)CN)n2)c1. The molecular weight excluding hydrogens is 246 g/mol. The number of aryl methyl sites for hydroxylation is 2. The van der Waals surface area contributed by atoms with Gasteiger partial charge < -0.3 is 5.73 Å². The van der Waals surface area contributed by atoms with Gasteiger partial charge in [-0.3, -0.25) is 0 Å². The molecule has 106 valence electrons. The van der Waals surface area contributed by atoms with Crippen LogP contribution in [0.3, 0.4) is 0 Å². The summed E-state index contributed by atoms with van der Waals surface area (Å²) in [6.07, 6.45) is 0.796. The van der Waals surface area contributed by atoms with Crippen molar-refractivity contribution in [2.75, 3.05) is 6.54 Å². The topological polar surface area (TPSA) is 51.8 Å². The van der Waals surface area contributed by atoms with Crippen LogP contribution in [0.1, 0.15) is 30.9 Å². The molecule has 0 saturated heterocycles. The van der Waals surface area contributed by atoms with E-state index in [2.05, 4.69) is 50.0 Å². The number of nitrogens with zero attached hydrogens (tertiary/aromatic N) is 2. The molecule has 0 aliphatic heterocycles. The summed E-state index contributed by atoms with van der Waals surface area (Å²) in [5.41, 5.74) is 10.2. The van der Waals surface area contributed by atoms with Gasteiger partial charge >= 0.3 is 0 Å². The Labute approximate surface area is 121 Å². The van der Waals surface area contributed by atoms with Crippen LogP contribution in [0.5, 0.6) is 0 Å². The van der Waals surface area contributed by atoms with Crippen LogP contribution in [0.4, 0.5) is 0 Å². The van der Waals surface area contributed by atoms with Crippen LogP contribution in [0, 0.1) is 19.3 Å². The standard InChI is InChI=1S/C17H23N3/c1-12-6-5-7-14(8-12)15-9-13(2)19-16(20-15)10-17(3,4)11-18/h5-9H,10-11,18H2,1-4H3. The molecular formula is C17H23N3. The molecule has 0 aliphatic rings. The first-order valence-electron chi connectivity index (χ1n) is 7.01. The second kappa shape index (κ2) is 5.71. The minimum atomic E-state index is 0.0255. The molecule has 1 aromatic heterocycles. The molecule has 3 nitrogen and oxygen atoms in total. The van der Waals surface area contributed by atoms with E-state index < -0.39 is 0 Å². The zero-order valence-electron chi connectivity index (χ0n) is 12.8. The summed E-state index contributed by atoms with van der Waals surface area (Å²) >= 11 is 0. The number of benzene rings is 1. The minimum Gasteiger partial charge on any atom is -0.330 e. The van der Waals surface area contributed by atoms with Gasteiger partial charge in [-0.2, -0.15) is 0 Å². The lowest BCUT2D eigenvalue weighted by molar-refractivity contribution is 0.367. The van der Waals surface area contributed by atoms with Crippen molar-refractivity contribution in [1.82, 2.24) is 9.97 Å². The van der Waals surface area contributed by atoms with Gasteiger partial charge in [0.2, 0.25) is 0 Å². The monoisotopic (exact) mass is 269 g/mol. The highest BCUT2D eigenvalue weighted by molar-refractivity contribution is 5.60. The maximum Gasteiger partial charge on any atom is 0.129 e. The summed E-state index contributed by atoms with van der Waals surface area (Å²) in [4.78, 5) is 9.26. The van der Waals surface area contributed by atoms with Crippen LogP contribution in [-0.2, 0) is 6.42 Å². The van der Waals surface area contributed by atoms with Gasteiger partial charge in [0, 0.05) is 17.7 Å². The van der Waals surface area contributed by atoms with E-state index in [0.717, 1.165) is 29.2 Å². The maximum absolute atomic E-state index is 5.81. The quantitative estimate of drug-likeness (QED) is 0.926. The molecule has 3 heteroatoms. The molecule has 0 bridgehead atoms. The molecule has 0 amide bonds. The lowest BCUT2D eigenvalue weighted by atomic mass is 9.89. The Bertz CT molecular complexity index is 603. The highest BCUT2D eigenvalue weighted by Crippen LogP contribution is 2.22. The predicted molar refractivity (Wildman–Crippen MR) is 83.5 cm³/mol. The van der Waals surface area contributed by atoms with E-state index in [-0.39, 0.29) is 5.41 Å². The van der Waals surface area contributed by atoms with E-state index in [0.29, 0.717) is 6.54 Å². The Morgan fingerprint density at radius 1 is 1.10 bits per heavy atom. The van der Waals surface area contributed by atoms with E-state index in [1.54, 1.807) is 0 Å². The summed E-state index contributed by atoms with van der Waals surface area (Å²) < 4.78 is 0. The Morgan fingerprint density at radius 3 is 2.50 bits per heavy atom. The van der Waals surface area contributed by atoms with Crippen molar-refractivity contribution in [3.63, 3.8) is 0 Å². The first kappa shape index (κ1) is 14.7. The molecule has 20 heavy (non-hydrogen) atoms. The predicted octanol–water partition coefficient (Wildman–Crippen LogP) is 3.29. The molecule has 0 saturated carbocycles. The Hall–Kier alpha value is -1.74. The molecule has 0 spiro atoms. The molecule has 0 aliphatic carbocycles. The average Bonchev–Trinajstić information content (AvgIpc) is 2.37. The van der Waals surface area contributed by atoms with Gasteiger partial charge in [-0.05, 0) is 37.9 Å². The summed E-state index contributed by atoms with van der Waals surface area (Å²) in [5, 5.41) is 0. The van der Waals surface area contributed by atoms with Crippen molar-refractivity contribution < 1.29 is 0 Å². The fourth-order valence-corrected chi connectivity index (χ4v) is 2.16. The normalized spacial score (nSPS) is 11.7. The van der Waals surface area contributed by atoms with Gasteiger partial charge in [0.25, 0.3) is 0 Å². The second-order valence-corrected chi connectivity index (χ2v) is 6.23. The molecule has 0 radical (unpaired) electrons. The van der Waals surface area contributed by atoms with Gasteiger partial charge in [0.1, 0.15) is 5.82 Å². The van der Waals surface area contributed by atoms with E-state index >= 15 is 0 Å². The third kappa shape index (κ3) is 3.64. The number of hydrogen-bond donors (Lipinski definition) is 1. The van der Waals surface area contributed by atoms with Crippen molar-refractivity contribution in [1.29, 1.82) is 0 Å². The van der Waals surface area contributed by atoms with Crippen LogP contribution in [0.2, 0.25) is 0 Å². The Morgan fingerprint density at radius 2 is 1.85 bits per heavy atom. The molecule has 0 unspecified atom stereocenters. The van der Waals surface area contributed by atoms with Crippen molar-refractivity contribution in [3.8, 4) is 11.3 Å². The summed E-state index contributed by atoms with van der Waals surface area (Å²) in [5.74, 6) is 0.872. The Kier molecular flexibility index (Phi) is 4.19. The van der Waals surface area contributed by atoms with Crippen molar-refractivity contribution in [2.45, 2.75) is 34.1 Å².